The Labute approximate surface area is 111 Å². The Morgan fingerprint density at radius 3 is 3.00 bits per heavy atom. The molecule has 1 aliphatic rings. The van der Waals surface area contributed by atoms with Gasteiger partial charge in [-0.25, -0.2) is 0 Å². The van der Waals surface area contributed by atoms with Gasteiger partial charge in [-0.15, -0.1) is 0 Å². The molecule has 0 bridgehead atoms. The summed E-state index contributed by atoms with van der Waals surface area (Å²) in [7, 11) is 0. The summed E-state index contributed by atoms with van der Waals surface area (Å²) >= 11 is 9.60. The number of piperidine rings is 1. The van der Waals surface area contributed by atoms with Gasteiger partial charge in [0.05, 0.1) is 5.02 Å². The number of benzene rings is 1. The molecule has 16 heavy (non-hydrogen) atoms. The Morgan fingerprint density at radius 2 is 2.31 bits per heavy atom. The second kappa shape index (κ2) is 5.52. The zero-order valence-corrected chi connectivity index (χ0v) is 11.8. The standard InChI is InChI=1S/C13H17BrClN/c1-2-9-8-16-6-5-11(9)10-3-4-12(14)13(15)7-10/h3-4,7,9,11,16H,2,5-6,8H2,1H3. The molecule has 3 heteroatoms. The summed E-state index contributed by atoms with van der Waals surface area (Å²) in [5, 5.41) is 4.29. The number of hydrogen-bond donors (Lipinski definition) is 1. The van der Waals surface area contributed by atoms with Crippen molar-refractivity contribution in [2.24, 2.45) is 5.92 Å². The summed E-state index contributed by atoms with van der Waals surface area (Å²) in [4.78, 5) is 0. The molecule has 1 aliphatic heterocycles. The van der Waals surface area contributed by atoms with Gasteiger partial charge in [-0.1, -0.05) is 31.0 Å². The Hall–Kier alpha value is -0.0500. The van der Waals surface area contributed by atoms with Gasteiger partial charge in [-0.05, 0) is 65.0 Å². The highest BCUT2D eigenvalue weighted by molar-refractivity contribution is 9.10. The molecule has 2 unspecified atom stereocenters. The van der Waals surface area contributed by atoms with Gasteiger partial charge >= 0.3 is 0 Å². The van der Waals surface area contributed by atoms with Crippen molar-refractivity contribution in [3.63, 3.8) is 0 Å². The zero-order valence-electron chi connectivity index (χ0n) is 9.47. The van der Waals surface area contributed by atoms with Gasteiger partial charge in [0.2, 0.25) is 0 Å². The average Bonchev–Trinajstić information content (AvgIpc) is 2.32. The van der Waals surface area contributed by atoms with E-state index in [2.05, 4.69) is 46.4 Å². The van der Waals surface area contributed by atoms with Gasteiger partial charge in [-0.2, -0.15) is 0 Å². The van der Waals surface area contributed by atoms with Gasteiger partial charge in [0, 0.05) is 4.47 Å². The van der Waals surface area contributed by atoms with Crippen molar-refractivity contribution >= 4 is 27.5 Å². The molecule has 1 aromatic rings. The van der Waals surface area contributed by atoms with Crippen LogP contribution in [0.3, 0.4) is 0 Å². The third-order valence-corrected chi connectivity index (χ3v) is 4.74. The third-order valence-electron chi connectivity index (χ3n) is 3.50. The van der Waals surface area contributed by atoms with Crippen LogP contribution >= 0.6 is 27.5 Å². The van der Waals surface area contributed by atoms with Crippen molar-refractivity contribution in [2.45, 2.75) is 25.7 Å². The maximum Gasteiger partial charge on any atom is 0.0550 e. The molecular weight excluding hydrogens is 286 g/mol. The number of rotatable bonds is 2. The molecule has 1 nitrogen and oxygen atoms in total. The summed E-state index contributed by atoms with van der Waals surface area (Å²) in [5.74, 6) is 1.41. The molecule has 0 aliphatic carbocycles. The molecule has 1 heterocycles. The van der Waals surface area contributed by atoms with Crippen LogP contribution in [0.4, 0.5) is 0 Å². The van der Waals surface area contributed by atoms with Crippen LogP contribution < -0.4 is 5.32 Å². The molecule has 2 atom stereocenters. The predicted octanol–water partition coefficient (Wildman–Crippen LogP) is 4.21. The van der Waals surface area contributed by atoms with Crippen LogP contribution in [0, 0.1) is 5.92 Å². The first-order valence-corrected chi connectivity index (χ1v) is 7.05. The van der Waals surface area contributed by atoms with Gasteiger partial charge in [-0.3, -0.25) is 0 Å². The highest BCUT2D eigenvalue weighted by Crippen LogP contribution is 2.35. The highest BCUT2D eigenvalue weighted by Gasteiger charge is 2.25. The summed E-state index contributed by atoms with van der Waals surface area (Å²) in [6, 6.07) is 6.38. The number of halogens is 2. The van der Waals surface area contributed by atoms with Gasteiger partial charge in [0.1, 0.15) is 0 Å². The molecule has 0 spiro atoms. The Bertz CT molecular complexity index is 367. The third kappa shape index (κ3) is 2.61. The maximum absolute atomic E-state index is 6.16. The minimum Gasteiger partial charge on any atom is -0.316 e. The first kappa shape index (κ1) is 12.4. The Kier molecular flexibility index (Phi) is 4.28. The second-order valence-electron chi connectivity index (χ2n) is 4.44. The van der Waals surface area contributed by atoms with Gasteiger partial charge in [0.15, 0.2) is 0 Å². The van der Waals surface area contributed by atoms with E-state index < -0.39 is 0 Å². The van der Waals surface area contributed by atoms with Crippen molar-refractivity contribution in [3.05, 3.63) is 33.3 Å². The number of nitrogens with one attached hydrogen (secondary N) is 1. The van der Waals surface area contributed by atoms with E-state index in [4.69, 9.17) is 11.6 Å². The van der Waals surface area contributed by atoms with Crippen molar-refractivity contribution in [3.8, 4) is 0 Å². The van der Waals surface area contributed by atoms with Crippen molar-refractivity contribution in [1.82, 2.24) is 5.32 Å². The van der Waals surface area contributed by atoms with E-state index >= 15 is 0 Å². The van der Waals surface area contributed by atoms with E-state index in [0.29, 0.717) is 5.92 Å². The Morgan fingerprint density at radius 1 is 1.50 bits per heavy atom. The van der Waals surface area contributed by atoms with Crippen molar-refractivity contribution < 1.29 is 0 Å². The first-order chi connectivity index (χ1) is 7.72. The lowest BCUT2D eigenvalue weighted by Gasteiger charge is -2.32. The van der Waals surface area contributed by atoms with Crippen LogP contribution in [0.25, 0.3) is 0 Å². The fraction of sp³-hybridized carbons (Fsp3) is 0.538. The molecule has 1 aromatic carbocycles. The van der Waals surface area contributed by atoms with E-state index in [-0.39, 0.29) is 0 Å². The van der Waals surface area contributed by atoms with Crippen LogP contribution in [0.15, 0.2) is 22.7 Å². The normalized spacial score (nSPS) is 25.7. The van der Waals surface area contributed by atoms with Crippen LogP contribution in [0.1, 0.15) is 31.2 Å². The average molecular weight is 303 g/mol. The fourth-order valence-corrected chi connectivity index (χ4v) is 2.97. The Balaban J connectivity index is 2.23. The molecule has 1 N–H and O–H groups in total. The lowest BCUT2D eigenvalue weighted by atomic mass is 9.80. The van der Waals surface area contributed by atoms with Crippen LogP contribution in [0.5, 0.6) is 0 Å². The molecule has 1 fully saturated rings. The largest absolute Gasteiger partial charge is 0.316 e. The summed E-state index contributed by atoms with van der Waals surface area (Å²) in [5.41, 5.74) is 1.39. The number of hydrogen-bond acceptors (Lipinski definition) is 1. The van der Waals surface area contributed by atoms with Crippen molar-refractivity contribution in [2.75, 3.05) is 13.1 Å². The molecular formula is C13H17BrClN. The van der Waals surface area contributed by atoms with E-state index in [0.717, 1.165) is 28.5 Å². The molecule has 2 rings (SSSR count). The van der Waals surface area contributed by atoms with Crippen LogP contribution in [0.2, 0.25) is 5.02 Å². The lowest BCUT2D eigenvalue weighted by molar-refractivity contribution is 0.318. The van der Waals surface area contributed by atoms with Crippen molar-refractivity contribution in [1.29, 1.82) is 0 Å². The summed E-state index contributed by atoms with van der Waals surface area (Å²) in [6.45, 7) is 4.52. The van der Waals surface area contributed by atoms with Crippen LogP contribution in [-0.2, 0) is 0 Å². The lowest BCUT2D eigenvalue weighted by Crippen LogP contribution is -2.35. The monoisotopic (exact) mass is 301 g/mol. The zero-order chi connectivity index (χ0) is 11.5. The predicted molar refractivity (Wildman–Crippen MR) is 73.2 cm³/mol. The fourth-order valence-electron chi connectivity index (χ4n) is 2.53. The van der Waals surface area contributed by atoms with Gasteiger partial charge in [0.25, 0.3) is 0 Å². The van der Waals surface area contributed by atoms with E-state index in [1.807, 2.05) is 0 Å². The van der Waals surface area contributed by atoms with E-state index in [1.54, 1.807) is 0 Å². The second-order valence-corrected chi connectivity index (χ2v) is 5.70. The van der Waals surface area contributed by atoms with E-state index in [9.17, 15) is 0 Å². The molecule has 0 radical (unpaired) electrons. The molecule has 0 saturated carbocycles. The molecule has 88 valence electrons. The molecule has 1 saturated heterocycles. The quantitative estimate of drug-likeness (QED) is 0.863. The topological polar surface area (TPSA) is 12.0 Å². The summed E-state index contributed by atoms with van der Waals surface area (Å²) in [6.07, 6.45) is 2.45. The van der Waals surface area contributed by atoms with E-state index in [1.165, 1.54) is 18.4 Å². The molecule has 0 aromatic heterocycles. The maximum atomic E-state index is 6.16. The SMILES string of the molecule is CCC1CNCCC1c1ccc(Br)c(Cl)c1. The minimum absolute atomic E-state index is 0.664. The smallest absolute Gasteiger partial charge is 0.0550 e. The summed E-state index contributed by atoms with van der Waals surface area (Å²) < 4.78 is 0.986. The highest BCUT2D eigenvalue weighted by atomic mass is 79.9. The van der Waals surface area contributed by atoms with Gasteiger partial charge < -0.3 is 5.32 Å². The molecule has 0 amide bonds. The minimum atomic E-state index is 0.664. The van der Waals surface area contributed by atoms with Crippen LogP contribution in [-0.4, -0.2) is 13.1 Å². The first-order valence-electron chi connectivity index (χ1n) is 5.88.